The number of rotatable bonds is 8. The van der Waals surface area contributed by atoms with E-state index in [0.717, 1.165) is 37.7 Å². The molecule has 6 nitrogen and oxygen atoms in total. The predicted molar refractivity (Wildman–Crippen MR) is 111 cm³/mol. The number of hydrogen-bond donors (Lipinski definition) is 2. The minimum Gasteiger partial charge on any atom is -0.357 e. The summed E-state index contributed by atoms with van der Waals surface area (Å²) in [6.07, 6.45) is 4.20. The van der Waals surface area contributed by atoms with Crippen LogP contribution >= 0.6 is 0 Å². The first-order valence-electron chi connectivity index (χ1n) is 10.00. The largest absolute Gasteiger partial charge is 0.357 e. The molecular weight excluding hydrogens is 336 g/mol. The Kier molecular flexibility index (Phi) is 7.27. The van der Waals surface area contributed by atoms with Crippen LogP contribution in [0.15, 0.2) is 47.6 Å². The van der Waals surface area contributed by atoms with Crippen molar-refractivity contribution in [1.82, 2.24) is 25.3 Å². The Labute approximate surface area is 162 Å². The van der Waals surface area contributed by atoms with Crippen LogP contribution in [0.1, 0.15) is 24.6 Å². The monoisotopic (exact) mass is 368 g/mol. The Hall–Kier alpha value is -2.34. The van der Waals surface area contributed by atoms with E-state index < -0.39 is 0 Å². The molecule has 2 N–H and O–H groups in total. The van der Waals surface area contributed by atoms with Gasteiger partial charge in [-0.05, 0) is 43.9 Å². The highest BCUT2D eigenvalue weighted by molar-refractivity contribution is 5.79. The lowest BCUT2D eigenvalue weighted by atomic mass is 10.1. The first kappa shape index (κ1) is 19.4. The van der Waals surface area contributed by atoms with Gasteiger partial charge in [-0.2, -0.15) is 5.10 Å². The second-order valence-electron chi connectivity index (χ2n) is 7.21. The summed E-state index contributed by atoms with van der Waals surface area (Å²) in [6, 6.07) is 12.8. The van der Waals surface area contributed by atoms with Crippen molar-refractivity contribution in [2.45, 2.75) is 26.3 Å². The molecule has 0 amide bonds. The number of guanidine groups is 1. The van der Waals surface area contributed by atoms with Gasteiger partial charge in [-0.15, -0.1) is 0 Å². The van der Waals surface area contributed by atoms with Crippen molar-refractivity contribution in [1.29, 1.82) is 0 Å². The summed E-state index contributed by atoms with van der Waals surface area (Å²) in [5.41, 5.74) is 2.54. The van der Waals surface area contributed by atoms with Gasteiger partial charge in [0.15, 0.2) is 5.96 Å². The van der Waals surface area contributed by atoms with Crippen molar-refractivity contribution in [2.75, 3.05) is 32.7 Å². The molecule has 2 aromatic rings. The second-order valence-corrected chi connectivity index (χ2v) is 7.21. The maximum atomic E-state index is 4.69. The number of aryl methyl sites for hydroxylation is 1. The van der Waals surface area contributed by atoms with Gasteiger partial charge in [0.25, 0.3) is 0 Å². The van der Waals surface area contributed by atoms with Crippen molar-refractivity contribution in [2.24, 2.45) is 18.0 Å². The molecule has 3 rings (SSSR count). The summed E-state index contributed by atoms with van der Waals surface area (Å²) in [6.45, 7) is 8.09. The molecule has 1 fully saturated rings. The SMILES string of the molecule is CCNC(=NCc1ccnn1C)NCC1CCN(CCc2ccccc2)C1. The molecule has 1 aromatic carbocycles. The number of aromatic nitrogens is 2. The number of nitrogens with one attached hydrogen (secondary N) is 2. The third kappa shape index (κ3) is 6.10. The zero-order valence-corrected chi connectivity index (χ0v) is 16.6. The van der Waals surface area contributed by atoms with Gasteiger partial charge in [0.05, 0.1) is 12.2 Å². The van der Waals surface area contributed by atoms with Crippen LogP contribution in [0.4, 0.5) is 0 Å². The maximum absolute atomic E-state index is 4.69. The fourth-order valence-electron chi connectivity index (χ4n) is 3.51. The molecule has 1 aliphatic rings. The summed E-state index contributed by atoms with van der Waals surface area (Å²) >= 11 is 0. The van der Waals surface area contributed by atoms with Gasteiger partial charge in [-0.25, -0.2) is 4.99 Å². The Balaban J connectivity index is 1.42. The molecule has 1 saturated heterocycles. The van der Waals surface area contributed by atoms with Crippen molar-refractivity contribution >= 4 is 5.96 Å². The molecule has 0 radical (unpaired) electrons. The smallest absolute Gasteiger partial charge is 0.191 e. The van der Waals surface area contributed by atoms with Crippen LogP contribution < -0.4 is 10.6 Å². The third-order valence-electron chi connectivity index (χ3n) is 5.15. The van der Waals surface area contributed by atoms with E-state index >= 15 is 0 Å². The molecule has 2 heterocycles. The summed E-state index contributed by atoms with van der Waals surface area (Å²) in [5.74, 6) is 1.57. The van der Waals surface area contributed by atoms with Gasteiger partial charge in [-0.1, -0.05) is 30.3 Å². The van der Waals surface area contributed by atoms with Crippen LogP contribution in [0.5, 0.6) is 0 Å². The van der Waals surface area contributed by atoms with E-state index in [9.17, 15) is 0 Å². The Bertz CT molecular complexity index is 708. The van der Waals surface area contributed by atoms with Crippen LogP contribution in [0.3, 0.4) is 0 Å². The van der Waals surface area contributed by atoms with Crippen LogP contribution in [0.2, 0.25) is 0 Å². The maximum Gasteiger partial charge on any atom is 0.191 e. The van der Waals surface area contributed by atoms with Crippen LogP contribution in [-0.4, -0.2) is 53.4 Å². The molecule has 0 bridgehead atoms. The zero-order valence-electron chi connectivity index (χ0n) is 16.6. The molecule has 146 valence electrons. The van der Waals surface area contributed by atoms with Crippen LogP contribution in [0, 0.1) is 5.92 Å². The normalized spacial score (nSPS) is 18.0. The van der Waals surface area contributed by atoms with Gasteiger partial charge >= 0.3 is 0 Å². The number of aliphatic imine (C=N–C) groups is 1. The van der Waals surface area contributed by atoms with Crippen LogP contribution in [0.25, 0.3) is 0 Å². The van der Waals surface area contributed by atoms with E-state index in [0.29, 0.717) is 12.5 Å². The fourth-order valence-corrected chi connectivity index (χ4v) is 3.51. The lowest BCUT2D eigenvalue weighted by Crippen LogP contribution is -2.40. The Morgan fingerprint density at radius 2 is 2.07 bits per heavy atom. The number of hydrogen-bond acceptors (Lipinski definition) is 3. The van der Waals surface area contributed by atoms with Gasteiger partial charge < -0.3 is 15.5 Å². The lowest BCUT2D eigenvalue weighted by molar-refractivity contribution is 0.328. The summed E-state index contributed by atoms with van der Waals surface area (Å²) in [4.78, 5) is 7.28. The first-order chi connectivity index (χ1) is 13.2. The predicted octanol–water partition coefficient (Wildman–Crippen LogP) is 2.04. The molecule has 27 heavy (non-hydrogen) atoms. The van der Waals surface area contributed by atoms with E-state index in [1.54, 1.807) is 0 Å². The quantitative estimate of drug-likeness (QED) is 0.553. The van der Waals surface area contributed by atoms with Crippen molar-refractivity contribution in [3.8, 4) is 0 Å². The average molecular weight is 369 g/mol. The topological polar surface area (TPSA) is 57.5 Å². The van der Waals surface area contributed by atoms with Gasteiger partial charge in [0.1, 0.15) is 0 Å². The molecule has 6 heteroatoms. The van der Waals surface area contributed by atoms with Crippen molar-refractivity contribution in [3.63, 3.8) is 0 Å². The number of likely N-dealkylation sites (tertiary alicyclic amines) is 1. The van der Waals surface area contributed by atoms with Gasteiger partial charge in [0, 0.05) is 39.4 Å². The Morgan fingerprint density at radius 1 is 1.22 bits per heavy atom. The zero-order chi connectivity index (χ0) is 18.9. The highest BCUT2D eigenvalue weighted by Gasteiger charge is 2.22. The standard InChI is InChI=1S/C21H32N6/c1-3-22-21(24-16-20-9-12-25-26(20)2)23-15-19-11-14-27(17-19)13-10-18-7-5-4-6-8-18/h4-9,12,19H,3,10-11,13-17H2,1-2H3,(H2,22,23,24). The molecule has 0 spiro atoms. The van der Waals surface area contributed by atoms with Crippen molar-refractivity contribution in [3.05, 3.63) is 53.9 Å². The van der Waals surface area contributed by atoms with E-state index in [2.05, 4.69) is 57.9 Å². The fraction of sp³-hybridized carbons (Fsp3) is 0.524. The van der Waals surface area contributed by atoms with Crippen molar-refractivity contribution < 1.29 is 0 Å². The second kappa shape index (κ2) is 10.1. The molecule has 1 aromatic heterocycles. The third-order valence-corrected chi connectivity index (χ3v) is 5.15. The molecular formula is C21H32N6. The molecule has 1 atom stereocenters. The minimum absolute atomic E-state index is 0.639. The molecule has 0 aliphatic carbocycles. The highest BCUT2D eigenvalue weighted by atomic mass is 15.3. The number of benzene rings is 1. The average Bonchev–Trinajstić information content (AvgIpc) is 3.32. The van der Waals surface area contributed by atoms with Gasteiger partial charge in [-0.3, -0.25) is 4.68 Å². The van der Waals surface area contributed by atoms with E-state index in [1.165, 1.54) is 25.1 Å². The number of nitrogens with zero attached hydrogens (tertiary/aromatic N) is 4. The van der Waals surface area contributed by atoms with E-state index in [4.69, 9.17) is 4.99 Å². The highest BCUT2D eigenvalue weighted by Crippen LogP contribution is 2.16. The van der Waals surface area contributed by atoms with Gasteiger partial charge in [0.2, 0.25) is 0 Å². The Morgan fingerprint density at radius 3 is 2.81 bits per heavy atom. The van der Waals surface area contributed by atoms with E-state index in [-0.39, 0.29) is 0 Å². The molecule has 1 aliphatic heterocycles. The molecule has 0 saturated carbocycles. The summed E-state index contributed by atoms with van der Waals surface area (Å²) in [5, 5.41) is 11.1. The minimum atomic E-state index is 0.639. The lowest BCUT2D eigenvalue weighted by Gasteiger charge is -2.17. The first-order valence-corrected chi connectivity index (χ1v) is 10.00. The van der Waals surface area contributed by atoms with Crippen LogP contribution in [-0.2, 0) is 20.0 Å². The summed E-state index contributed by atoms with van der Waals surface area (Å²) < 4.78 is 1.87. The summed E-state index contributed by atoms with van der Waals surface area (Å²) in [7, 11) is 1.95. The van der Waals surface area contributed by atoms with E-state index in [1.807, 2.05) is 24.0 Å². The molecule has 1 unspecified atom stereocenters.